The molecule has 0 bridgehead atoms. The number of hydrogen-bond donors (Lipinski definition) is 1. The number of aromatic amines is 1. The van der Waals surface area contributed by atoms with E-state index in [0.717, 1.165) is 19.6 Å². The van der Waals surface area contributed by atoms with Gasteiger partial charge in [0.15, 0.2) is 11.5 Å². The highest BCUT2D eigenvalue weighted by atomic mass is 35.5. The summed E-state index contributed by atoms with van der Waals surface area (Å²) in [7, 11) is 0. The second-order valence-electron chi connectivity index (χ2n) is 5.59. The predicted molar refractivity (Wildman–Crippen MR) is 98.8 cm³/mol. The van der Waals surface area contributed by atoms with Gasteiger partial charge in [0.25, 0.3) is 5.56 Å². The minimum absolute atomic E-state index is 0.102. The van der Waals surface area contributed by atoms with Gasteiger partial charge < -0.3 is 9.47 Å². The van der Waals surface area contributed by atoms with Crippen LogP contribution in [0.5, 0.6) is 0 Å². The van der Waals surface area contributed by atoms with Gasteiger partial charge >= 0.3 is 5.69 Å². The quantitative estimate of drug-likeness (QED) is 0.685. The lowest BCUT2D eigenvalue weighted by Gasteiger charge is -2.22. The maximum atomic E-state index is 12.2. The number of halogens is 2. The number of nitrogens with one attached hydrogen (secondary N) is 1. The van der Waals surface area contributed by atoms with Gasteiger partial charge in [-0.1, -0.05) is 37.0 Å². The van der Waals surface area contributed by atoms with Crippen LogP contribution in [0.25, 0.3) is 22.6 Å². The Labute approximate surface area is 153 Å². The molecule has 0 aromatic heterocycles. The van der Waals surface area contributed by atoms with Crippen LogP contribution in [0.15, 0.2) is 21.7 Å². The van der Waals surface area contributed by atoms with Crippen molar-refractivity contribution >= 4 is 34.2 Å². The fourth-order valence-corrected chi connectivity index (χ4v) is 3.11. The largest absolute Gasteiger partial charge is 0.349 e. The molecule has 1 N–H and O–H groups in total. The third-order valence-corrected chi connectivity index (χ3v) is 4.91. The summed E-state index contributed by atoms with van der Waals surface area (Å²) in [5.74, 6) is 0.242. The Morgan fingerprint density at radius 2 is 1.80 bits per heavy atom. The maximum Gasteiger partial charge on any atom is 0.349 e. The Kier molecular flexibility index (Phi) is 5.08. The molecular weight excluding hydrogens is 365 g/mol. The highest BCUT2D eigenvalue weighted by molar-refractivity contribution is 6.42. The molecule has 7 nitrogen and oxygen atoms in total. The van der Waals surface area contributed by atoms with Crippen LogP contribution in [0.3, 0.4) is 0 Å². The normalized spacial score (nSPS) is 11.7. The molecule has 0 spiro atoms. The molecule has 132 valence electrons. The van der Waals surface area contributed by atoms with Crippen molar-refractivity contribution in [3.05, 3.63) is 43.0 Å². The lowest BCUT2D eigenvalue weighted by Crippen LogP contribution is -2.31. The highest BCUT2D eigenvalue weighted by Crippen LogP contribution is 2.29. The second kappa shape index (κ2) is 7.11. The van der Waals surface area contributed by atoms with Gasteiger partial charge in [0, 0.05) is 13.1 Å². The Morgan fingerprint density at radius 1 is 1.12 bits per heavy atom. The first-order valence-electron chi connectivity index (χ1n) is 7.96. The number of H-pyrrole nitrogens is 1. The van der Waals surface area contributed by atoms with Crippen molar-refractivity contribution in [1.82, 2.24) is 24.4 Å². The van der Waals surface area contributed by atoms with Gasteiger partial charge in [0.05, 0.1) is 21.1 Å². The van der Waals surface area contributed by atoms with E-state index in [0.29, 0.717) is 27.6 Å². The molecule has 0 saturated heterocycles. The van der Waals surface area contributed by atoms with Gasteiger partial charge in [-0.05, 0) is 25.2 Å². The fraction of sp³-hybridized carbons (Fsp3) is 0.375. The number of rotatable bonds is 5. The van der Waals surface area contributed by atoms with Crippen LogP contribution in [-0.2, 0) is 6.54 Å². The van der Waals surface area contributed by atoms with Crippen LogP contribution in [0.1, 0.15) is 13.8 Å². The molecule has 0 aliphatic carbocycles. The molecule has 9 heteroatoms. The van der Waals surface area contributed by atoms with Crippen LogP contribution in [0.2, 0.25) is 10.0 Å². The summed E-state index contributed by atoms with van der Waals surface area (Å²) in [6.45, 7) is 7.20. The van der Waals surface area contributed by atoms with Gasteiger partial charge in [0.1, 0.15) is 0 Å². The van der Waals surface area contributed by atoms with Crippen LogP contribution >= 0.6 is 23.2 Å². The van der Waals surface area contributed by atoms with Gasteiger partial charge in [-0.3, -0.25) is 9.78 Å². The summed E-state index contributed by atoms with van der Waals surface area (Å²) in [6, 6.07) is 3.29. The lowest BCUT2D eigenvalue weighted by molar-refractivity contribution is 0.292. The van der Waals surface area contributed by atoms with Crippen LogP contribution in [-0.4, -0.2) is 44.1 Å². The topological polar surface area (TPSA) is 83.9 Å². The molecule has 1 aromatic rings. The number of fused-ring (bicyclic) bond motifs is 2. The zero-order valence-electron chi connectivity index (χ0n) is 13.8. The molecule has 3 rings (SSSR count). The molecular formula is C16H17Cl2N5O2. The first-order chi connectivity index (χ1) is 11.9. The lowest BCUT2D eigenvalue weighted by atomic mass is 10.2. The maximum absolute atomic E-state index is 12.2. The zero-order chi connectivity index (χ0) is 18.1. The van der Waals surface area contributed by atoms with E-state index in [1.165, 1.54) is 0 Å². The average molecular weight is 382 g/mol. The van der Waals surface area contributed by atoms with E-state index in [4.69, 9.17) is 23.2 Å². The molecule has 2 heterocycles. The molecule has 0 amide bonds. The minimum atomic E-state index is -0.699. The van der Waals surface area contributed by atoms with E-state index in [1.54, 1.807) is 16.7 Å². The number of nitrogens with zero attached hydrogens (tertiary/aromatic N) is 4. The molecule has 0 atom stereocenters. The summed E-state index contributed by atoms with van der Waals surface area (Å²) in [5, 5.41) is 0.722. The van der Waals surface area contributed by atoms with Gasteiger partial charge in [-0.25, -0.2) is 9.78 Å². The van der Waals surface area contributed by atoms with Gasteiger partial charge in [0.2, 0.25) is 0 Å². The fourth-order valence-electron chi connectivity index (χ4n) is 2.80. The van der Waals surface area contributed by atoms with E-state index in [-0.39, 0.29) is 11.5 Å². The smallest absolute Gasteiger partial charge is 0.321 e. The SMILES string of the molecule is CCN(CC)CCn1c2nc(=O)[nH]c(=O)c-2nc2cc(Cl)c(Cl)cc21. The van der Waals surface area contributed by atoms with E-state index in [9.17, 15) is 9.59 Å². The summed E-state index contributed by atoms with van der Waals surface area (Å²) < 4.78 is 1.80. The van der Waals surface area contributed by atoms with Crippen molar-refractivity contribution < 1.29 is 0 Å². The van der Waals surface area contributed by atoms with Crippen LogP contribution in [0.4, 0.5) is 0 Å². The first-order valence-corrected chi connectivity index (χ1v) is 8.72. The number of aromatic nitrogens is 4. The minimum Gasteiger partial charge on any atom is -0.321 e. The molecule has 0 radical (unpaired) electrons. The molecule has 2 aliphatic heterocycles. The Balaban J connectivity index is 2.29. The summed E-state index contributed by atoms with van der Waals surface area (Å²) in [4.78, 5) is 36.5. The zero-order valence-corrected chi connectivity index (χ0v) is 15.4. The Bertz CT molecular complexity index is 1010. The molecule has 2 aliphatic rings. The van der Waals surface area contributed by atoms with E-state index in [2.05, 4.69) is 33.7 Å². The number of hydrogen-bond acceptors (Lipinski definition) is 5. The standard InChI is InChI=1S/C16H17Cl2N5O2/c1-3-22(4-2)5-6-23-12-8-10(18)9(17)7-11(12)19-13-14(23)20-16(25)21-15(13)24/h7-8H,3-6H2,1-2H3,(H,21,24,25). The van der Waals surface area contributed by atoms with Crippen molar-refractivity contribution in [2.75, 3.05) is 19.6 Å². The number of benzene rings is 1. The van der Waals surface area contributed by atoms with E-state index >= 15 is 0 Å². The molecule has 0 saturated carbocycles. The highest BCUT2D eigenvalue weighted by Gasteiger charge is 2.19. The molecule has 0 unspecified atom stereocenters. The Morgan fingerprint density at radius 3 is 2.48 bits per heavy atom. The van der Waals surface area contributed by atoms with Crippen molar-refractivity contribution in [2.24, 2.45) is 0 Å². The van der Waals surface area contributed by atoms with Crippen LogP contribution < -0.4 is 11.2 Å². The summed E-state index contributed by atoms with van der Waals surface area (Å²) >= 11 is 12.2. The molecule has 25 heavy (non-hydrogen) atoms. The third kappa shape index (κ3) is 3.40. The predicted octanol–water partition coefficient (Wildman–Crippen LogP) is 2.23. The van der Waals surface area contributed by atoms with Gasteiger partial charge in [-0.2, -0.15) is 4.98 Å². The van der Waals surface area contributed by atoms with Crippen molar-refractivity contribution in [3.63, 3.8) is 0 Å². The summed E-state index contributed by atoms with van der Waals surface area (Å²) in [5.41, 5.74) is 0.0267. The second-order valence-corrected chi connectivity index (χ2v) is 6.40. The average Bonchev–Trinajstić information content (AvgIpc) is 2.57. The molecule has 1 aromatic carbocycles. The Hall–Kier alpha value is -1.96. The van der Waals surface area contributed by atoms with E-state index < -0.39 is 11.2 Å². The molecule has 0 fully saturated rings. The van der Waals surface area contributed by atoms with Crippen LogP contribution in [0, 0.1) is 0 Å². The summed E-state index contributed by atoms with van der Waals surface area (Å²) in [6.07, 6.45) is 0. The monoisotopic (exact) mass is 381 g/mol. The first kappa shape index (κ1) is 17.8. The number of likely N-dealkylation sites (N-methyl/N-ethyl adjacent to an activating group) is 1. The van der Waals surface area contributed by atoms with Crippen molar-refractivity contribution in [3.8, 4) is 11.5 Å². The van der Waals surface area contributed by atoms with E-state index in [1.807, 2.05) is 0 Å². The van der Waals surface area contributed by atoms with Crippen molar-refractivity contribution in [2.45, 2.75) is 20.4 Å². The van der Waals surface area contributed by atoms with Crippen molar-refractivity contribution in [1.29, 1.82) is 0 Å². The third-order valence-electron chi connectivity index (χ3n) is 4.19. The van der Waals surface area contributed by atoms with Gasteiger partial charge in [-0.15, -0.1) is 0 Å².